The highest BCUT2D eigenvalue weighted by molar-refractivity contribution is 6.30. The van der Waals surface area contributed by atoms with Gasteiger partial charge in [-0.05, 0) is 63.3 Å². The molecular formula is C23H27ClF3N5O. The van der Waals surface area contributed by atoms with Gasteiger partial charge in [0.2, 0.25) is 5.91 Å². The van der Waals surface area contributed by atoms with Crippen LogP contribution in [0.3, 0.4) is 0 Å². The van der Waals surface area contributed by atoms with Crippen molar-refractivity contribution in [3.63, 3.8) is 0 Å². The van der Waals surface area contributed by atoms with Crippen molar-refractivity contribution in [3.8, 4) is 5.69 Å². The van der Waals surface area contributed by atoms with Crippen LogP contribution in [0.4, 0.5) is 13.2 Å². The fourth-order valence-electron chi connectivity index (χ4n) is 4.81. The maximum Gasteiger partial charge on any atom is 0.406 e. The smallest absolute Gasteiger partial charge is 0.342 e. The first-order chi connectivity index (χ1) is 15.6. The Balaban J connectivity index is 1.49. The summed E-state index contributed by atoms with van der Waals surface area (Å²) in [5.41, 5.74) is -0.574. The summed E-state index contributed by atoms with van der Waals surface area (Å²) in [5, 5.41) is 9.27. The molecule has 1 aromatic heterocycles. The maximum atomic E-state index is 13.9. The van der Waals surface area contributed by atoms with Crippen LogP contribution in [0.2, 0.25) is 5.02 Å². The molecular weight excluding hydrogens is 455 g/mol. The van der Waals surface area contributed by atoms with Crippen LogP contribution < -0.4 is 0 Å². The molecule has 1 aromatic carbocycles. The quantitative estimate of drug-likeness (QED) is 0.638. The molecule has 5 rings (SSSR count). The van der Waals surface area contributed by atoms with Crippen LogP contribution in [0.5, 0.6) is 0 Å². The molecule has 6 nitrogen and oxygen atoms in total. The van der Waals surface area contributed by atoms with Gasteiger partial charge in [0.15, 0.2) is 5.82 Å². The number of benzene rings is 1. The van der Waals surface area contributed by atoms with Crippen LogP contribution in [0.1, 0.15) is 62.7 Å². The van der Waals surface area contributed by atoms with Crippen LogP contribution in [-0.2, 0) is 17.9 Å². The number of piperidine rings is 1. The van der Waals surface area contributed by atoms with E-state index in [0.717, 1.165) is 37.2 Å². The van der Waals surface area contributed by atoms with Crippen molar-refractivity contribution >= 4 is 17.5 Å². The van der Waals surface area contributed by atoms with Crippen molar-refractivity contribution in [1.29, 1.82) is 0 Å². The topological polar surface area (TPSA) is 54.3 Å². The van der Waals surface area contributed by atoms with Gasteiger partial charge in [-0.3, -0.25) is 14.3 Å². The Bertz CT molecular complexity index is 1070. The second kappa shape index (κ2) is 7.98. The summed E-state index contributed by atoms with van der Waals surface area (Å²) in [4.78, 5) is 15.7. The zero-order valence-corrected chi connectivity index (χ0v) is 19.5. The molecule has 1 aliphatic carbocycles. The Kier molecular flexibility index (Phi) is 5.47. The van der Waals surface area contributed by atoms with E-state index in [4.69, 9.17) is 11.6 Å². The summed E-state index contributed by atoms with van der Waals surface area (Å²) in [6.07, 6.45) is -0.916. The Hall–Kier alpha value is -2.13. The minimum atomic E-state index is -4.41. The number of fused-ring (bicyclic) bond motifs is 3. The number of halogens is 4. The summed E-state index contributed by atoms with van der Waals surface area (Å²) in [5.74, 6) is 1.77. The lowest BCUT2D eigenvalue weighted by atomic mass is 9.95. The fraction of sp³-hybridized carbons (Fsp3) is 0.609. The van der Waals surface area contributed by atoms with E-state index in [1.54, 1.807) is 12.1 Å². The number of carbonyl (C=O) groups excluding carboxylic acids is 1. The number of amides is 1. The van der Waals surface area contributed by atoms with Gasteiger partial charge in [-0.2, -0.15) is 13.2 Å². The molecule has 3 aliphatic rings. The van der Waals surface area contributed by atoms with Gasteiger partial charge in [-0.25, -0.2) is 0 Å². The van der Waals surface area contributed by atoms with Gasteiger partial charge in [-0.15, -0.1) is 10.2 Å². The third-order valence-corrected chi connectivity index (χ3v) is 7.55. The van der Waals surface area contributed by atoms with E-state index in [9.17, 15) is 18.0 Å². The molecule has 1 saturated heterocycles. The molecule has 0 unspecified atom stereocenters. The summed E-state index contributed by atoms with van der Waals surface area (Å²) < 4.78 is 43.6. The number of nitrogens with zero attached hydrogens (tertiary/aromatic N) is 5. The number of aromatic nitrogens is 3. The number of rotatable bonds is 3. The Morgan fingerprint density at radius 2 is 1.76 bits per heavy atom. The lowest BCUT2D eigenvalue weighted by Crippen LogP contribution is -2.53. The lowest BCUT2D eigenvalue weighted by Gasteiger charge is -2.38. The van der Waals surface area contributed by atoms with Gasteiger partial charge in [0.05, 0.1) is 12.2 Å². The highest BCUT2D eigenvalue weighted by Crippen LogP contribution is 2.40. The van der Waals surface area contributed by atoms with Crippen molar-refractivity contribution in [1.82, 2.24) is 24.6 Å². The van der Waals surface area contributed by atoms with Crippen molar-refractivity contribution in [2.75, 3.05) is 13.1 Å². The van der Waals surface area contributed by atoms with Crippen LogP contribution in [0.25, 0.3) is 5.69 Å². The SMILES string of the molecule is CC(C)(N1Cc2cc(Cl)ccc2-n2c(nnc2C2CCN(C(=O)C3CC3)CC2)C1)C(F)(F)F. The normalized spacial score (nSPS) is 20.4. The van der Waals surface area contributed by atoms with Gasteiger partial charge < -0.3 is 4.90 Å². The van der Waals surface area contributed by atoms with E-state index in [2.05, 4.69) is 10.2 Å². The van der Waals surface area contributed by atoms with E-state index in [-0.39, 0.29) is 30.8 Å². The molecule has 178 valence electrons. The molecule has 2 fully saturated rings. The van der Waals surface area contributed by atoms with Crippen LogP contribution in [-0.4, -0.2) is 55.3 Å². The Morgan fingerprint density at radius 3 is 2.39 bits per heavy atom. The van der Waals surface area contributed by atoms with Crippen molar-refractivity contribution in [2.24, 2.45) is 5.92 Å². The highest BCUT2D eigenvalue weighted by atomic mass is 35.5. The van der Waals surface area contributed by atoms with E-state index < -0.39 is 11.7 Å². The highest BCUT2D eigenvalue weighted by Gasteiger charge is 2.52. The molecule has 0 N–H and O–H groups in total. The third kappa shape index (κ3) is 4.03. The molecule has 0 radical (unpaired) electrons. The second-order valence-corrected chi connectivity index (χ2v) is 10.3. The van der Waals surface area contributed by atoms with Crippen molar-refractivity contribution in [2.45, 2.75) is 70.3 Å². The molecule has 2 aliphatic heterocycles. The molecule has 2 aromatic rings. The molecule has 0 bridgehead atoms. The van der Waals surface area contributed by atoms with Gasteiger partial charge in [0.1, 0.15) is 11.4 Å². The minimum Gasteiger partial charge on any atom is -0.342 e. The predicted molar refractivity (Wildman–Crippen MR) is 117 cm³/mol. The molecule has 0 spiro atoms. The largest absolute Gasteiger partial charge is 0.406 e. The van der Waals surface area contributed by atoms with Crippen LogP contribution in [0, 0.1) is 5.92 Å². The van der Waals surface area contributed by atoms with Crippen LogP contribution >= 0.6 is 11.6 Å². The monoisotopic (exact) mass is 481 g/mol. The first-order valence-electron chi connectivity index (χ1n) is 11.4. The van der Waals surface area contributed by atoms with Crippen LogP contribution in [0.15, 0.2) is 18.2 Å². The van der Waals surface area contributed by atoms with Crippen molar-refractivity contribution in [3.05, 3.63) is 40.4 Å². The average molecular weight is 482 g/mol. The summed E-state index contributed by atoms with van der Waals surface area (Å²) in [6.45, 7) is 3.84. The zero-order chi connectivity index (χ0) is 23.5. The minimum absolute atomic E-state index is 0.0187. The Labute approximate surface area is 195 Å². The fourth-order valence-corrected chi connectivity index (χ4v) is 5.01. The number of hydrogen-bond acceptors (Lipinski definition) is 4. The van der Waals surface area contributed by atoms with Gasteiger partial charge in [0.25, 0.3) is 0 Å². The number of likely N-dealkylation sites (tertiary alicyclic amines) is 1. The van der Waals surface area contributed by atoms with Gasteiger partial charge in [0, 0.05) is 36.5 Å². The molecule has 33 heavy (non-hydrogen) atoms. The Morgan fingerprint density at radius 1 is 1.06 bits per heavy atom. The lowest BCUT2D eigenvalue weighted by molar-refractivity contribution is -0.224. The number of carbonyl (C=O) groups is 1. The first kappa shape index (κ1) is 22.7. The molecule has 1 saturated carbocycles. The van der Waals surface area contributed by atoms with E-state index in [1.165, 1.54) is 18.7 Å². The molecule has 0 atom stereocenters. The van der Waals surface area contributed by atoms with E-state index in [0.29, 0.717) is 29.5 Å². The average Bonchev–Trinajstić information content (AvgIpc) is 3.55. The van der Waals surface area contributed by atoms with E-state index in [1.807, 2.05) is 15.5 Å². The summed E-state index contributed by atoms with van der Waals surface area (Å²) >= 11 is 6.23. The molecule has 10 heteroatoms. The first-order valence-corrected chi connectivity index (χ1v) is 11.8. The standard InChI is InChI=1S/C23H27ClF3N5O/c1-22(2,23(25,26)27)31-12-16-11-17(24)5-6-18(16)32-19(13-31)28-29-20(32)14-7-9-30(10-8-14)21(33)15-3-4-15/h5-6,11,14-15H,3-4,7-10,12-13H2,1-2H3. The number of alkyl halides is 3. The second-order valence-electron chi connectivity index (χ2n) is 9.87. The zero-order valence-electron chi connectivity index (χ0n) is 18.7. The maximum absolute atomic E-state index is 13.9. The van der Waals surface area contributed by atoms with Crippen molar-refractivity contribution < 1.29 is 18.0 Å². The van der Waals surface area contributed by atoms with Gasteiger partial charge >= 0.3 is 6.18 Å². The summed E-state index contributed by atoms with van der Waals surface area (Å²) in [6, 6.07) is 5.31. The molecule has 1 amide bonds. The van der Waals surface area contributed by atoms with E-state index >= 15 is 0 Å². The number of hydrogen-bond donors (Lipinski definition) is 0. The molecule has 3 heterocycles. The third-order valence-electron chi connectivity index (χ3n) is 7.31. The summed E-state index contributed by atoms with van der Waals surface area (Å²) in [7, 11) is 0. The van der Waals surface area contributed by atoms with Gasteiger partial charge in [-0.1, -0.05) is 11.6 Å². The predicted octanol–water partition coefficient (Wildman–Crippen LogP) is 4.69.